The van der Waals surface area contributed by atoms with Crippen molar-refractivity contribution in [3.63, 3.8) is 0 Å². The molecule has 1 aromatic rings. The van der Waals surface area contributed by atoms with Gasteiger partial charge in [0.05, 0.1) is 5.02 Å². The Kier molecular flexibility index (Phi) is 7.02. The summed E-state index contributed by atoms with van der Waals surface area (Å²) in [7, 11) is 0. The van der Waals surface area contributed by atoms with E-state index in [1.165, 1.54) is 0 Å². The van der Waals surface area contributed by atoms with Crippen molar-refractivity contribution in [2.24, 2.45) is 5.92 Å². The van der Waals surface area contributed by atoms with Gasteiger partial charge in [-0.2, -0.15) is 0 Å². The van der Waals surface area contributed by atoms with Crippen LogP contribution < -0.4 is 10.1 Å². The van der Waals surface area contributed by atoms with E-state index in [-0.39, 0.29) is 25.2 Å². The monoisotopic (exact) mass is 313 g/mol. The van der Waals surface area contributed by atoms with Crippen LogP contribution in [-0.2, 0) is 14.3 Å². The number of hydrogen-bond acceptors (Lipinski definition) is 4. The molecule has 0 fully saturated rings. The number of amides is 1. The summed E-state index contributed by atoms with van der Waals surface area (Å²) in [5.41, 5.74) is 0. The molecule has 0 spiro atoms. The van der Waals surface area contributed by atoms with E-state index < -0.39 is 5.97 Å². The Morgan fingerprint density at radius 1 is 1.19 bits per heavy atom. The summed E-state index contributed by atoms with van der Waals surface area (Å²) in [4.78, 5) is 23.0. The number of nitrogens with one attached hydrogen (secondary N) is 1. The molecule has 1 aromatic carbocycles. The summed E-state index contributed by atoms with van der Waals surface area (Å²) in [5.74, 6) is -0.244. The van der Waals surface area contributed by atoms with Gasteiger partial charge in [0.25, 0.3) is 5.91 Å². The SMILES string of the molecule is CC(C)[C@H](C)NC(=O)COC(=O)COc1ccccc1Cl. The zero-order chi connectivity index (χ0) is 15.8. The molecule has 1 rings (SSSR count). The zero-order valence-electron chi connectivity index (χ0n) is 12.4. The average molecular weight is 314 g/mol. The number of esters is 1. The summed E-state index contributed by atoms with van der Waals surface area (Å²) in [6, 6.07) is 6.83. The minimum atomic E-state index is -0.623. The van der Waals surface area contributed by atoms with Crippen LogP contribution in [0.4, 0.5) is 0 Å². The predicted octanol–water partition coefficient (Wildman–Crippen LogP) is 2.42. The van der Waals surface area contributed by atoms with E-state index in [2.05, 4.69) is 5.32 Å². The number of benzene rings is 1. The molecule has 5 nitrogen and oxygen atoms in total. The van der Waals surface area contributed by atoms with Gasteiger partial charge in [0.2, 0.25) is 0 Å². The van der Waals surface area contributed by atoms with Gasteiger partial charge in [-0.1, -0.05) is 37.6 Å². The molecule has 1 atom stereocenters. The minimum absolute atomic E-state index is 0.0237. The molecule has 1 N–H and O–H groups in total. The van der Waals surface area contributed by atoms with E-state index in [0.717, 1.165) is 0 Å². The lowest BCUT2D eigenvalue weighted by atomic mass is 10.1. The summed E-state index contributed by atoms with van der Waals surface area (Å²) < 4.78 is 10.0. The van der Waals surface area contributed by atoms with Crippen molar-refractivity contribution in [2.75, 3.05) is 13.2 Å². The molecule has 0 saturated carbocycles. The first kappa shape index (κ1) is 17.3. The van der Waals surface area contributed by atoms with E-state index in [4.69, 9.17) is 21.1 Å². The number of para-hydroxylation sites is 1. The normalized spacial score (nSPS) is 11.9. The van der Waals surface area contributed by atoms with Gasteiger partial charge >= 0.3 is 5.97 Å². The molecule has 0 saturated heterocycles. The maximum absolute atomic E-state index is 11.5. The van der Waals surface area contributed by atoms with Gasteiger partial charge in [-0.05, 0) is 25.0 Å². The average Bonchev–Trinajstić information content (AvgIpc) is 2.44. The number of ether oxygens (including phenoxy) is 2. The van der Waals surface area contributed by atoms with Crippen molar-refractivity contribution in [2.45, 2.75) is 26.8 Å². The van der Waals surface area contributed by atoms with Gasteiger partial charge in [-0.3, -0.25) is 4.79 Å². The van der Waals surface area contributed by atoms with E-state index in [9.17, 15) is 9.59 Å². The summed E-state index contributed by atoms with van der Waals surface area (Å²) in [5, 5.41) is 3.15. The van der Waals surface area contributed by atoms with Crippen LogP contribution in [0.1, 0.15) is 20.8 Å². The van der Waals surface area contributed by atoms with Crippen LogP contribution in [0.5, 0.6) is 5.75 Å². The topological polar surface area (TPSA) is 64.6 Å². The van der Waals surface area contributed by atoms with Crippen molar-refractivity contribution in [1.82, 2.24) is 5.32 Å². The Morgan fingerprint density at radius 3 is 2.48 bits per heavy atom. The first-order valence-corrected chi connectivity index (χ1v) is 7.10. The molecule has 0 aliphatic carbocycles. The van der Waals surface area contributed by atoms with Crippen molar-refractivity contribution in [3.8, 4) is 5.75 Å². The molecule has 1 amide bonds. The fourth-order valence-electron chi connectivity index (χ4n) is 1.35. The molecular weight excluding hydrogens is 294 g/mol. The fraction of sp³-hybridized carbons (Fsp3) is 0.467. The molecule has 0 heterocycles. The van der Waals surface area contributed by atoms with Crippen molar-refractivity contribution >= 4 is 23.5 Å². The van der Waals surface area contributed by atoms with Crippen LogP contribution in [0, 0.1) is 5.92 Å². The third-order valence-corrected chi connectivity index (χ3v) is 3.25. The Bertz CT molecular complexity index is 490. The zero-order valence-corrected chi connectivity index (χ0v) is 13.1. The summed E-state index contributed by atoms with van der Waals surface area (Å²) in [6.45, 7) is 5.27. The summed E-state index contributed by atoms with van der Waals surface area (Å²) in [6.07, 6.45) is 0. The maximum atomic E-state index is 11.5. The number of carbonyl (C=O) groups excluding carboxylic acids is 2. The summed E-state index contributed by atoms with van der Waals surface area (Å²) >= 11 is 5.88. The van der Waals surface area contributed by atoms with E-state index in [1.54, 1.807) is 24.3 Å². The lowest BCUT2D eigenvalue weighted by Crippen LogP contribution is -2.39. The van der Waals surface area contributed by atoms with Crippen LogP contribution in [0.15, 0.2) is 24.3 Å². The maximum Gasteiger partial charge on any atom is 0.344 e. The Labute approximate surface area is 129 Å². The highest BCUT2D eigenvalue weighted by atomic mass is 35.5. The first-order valence-electron chi connectivity index (χ1n) is 6.72. The van der Waals surface area contributed by atoms with E-state index in [0.29, 0.717) is 16.7 Å². The van der Waals surface area contributed by atoms with Gasteiger partial charge < -0.3 is 14.8 Å². The van der Waals surface area contributed by atoms with Gasteiger partial charge in [-0.25, -0.2) is 4.79 Å². The van der Waals surface area contributed by atoms with Crippen LogP contribution in [0.3, 0.4) is 0 Å². The molecule has 0 bridgehead atoms. The highest BCUT2D eigenvalue weighted by Gasteiger charge is 2.13. The van der Waals surface area contributed by atoms with Crippen LogP contribution in [-0.4, -0.2) is 31.1 Å². The highest BCUT2D eigenvalue weighted by Crippen LogP contribution is 2.22. The number of hydrogen-bond donors (Lipinski definition) is 1. The second-order valence-corrected chi connectivity index (χ2v) is 5.39. The van der Waals surface area contributed by atoms with Gasteiger partial charge in [0.1, 0.15) is 5.75 Å². The van der Waals surface area contributed by atoms with Crippen molar-refractivity contribution in [1.29, 1.82) is 0 Å². The lowest BCUT2D eigenvalue weighted by Gasteiger charge is -2.17. The quantitative estimate of drug-likeness (QED) is 0.785. The van der Waals surface area contributed by atoms with Gasteiger partial charge in [0.15, 0.2) is 13.2 Å². The lowest BCUT2D eigenvalue weighted by molar-refractivity contribution is -0.150. The third kappa shape index (κ3) is 6.49. The molecule has 6 heteroatoms. The molecule has 0 aromatic heterocycles. The van der Waals surface area contributed by atoms with Crippen LogP contribution in [0.2, 0.25) is 5.02 Å². The number of carbonyl (C=O) groups is 2. The van der Waals surface area contributed by atoms with Crippen molar-refractivity contribution < 1.29 is 19.1 Å². The highest BCUT2D eigenvalue weighted by molar-refractivity contribution is 6.32. The minimum Gasteiger partial charge on any atom is -0.480 e. The van der Waals surface area contributed by atoms with Gasteiger partial charge in [-0.15, -0.1) is 0 Å². The first-order chi connectivity index (χ1) is 9.90. The molecular formula is C15H20ClNO4. The smallest absolute Gasteiger partial charge is 0.344 e. The molecule has 116 valence electrons. The standard InChI is InChI=1S/C15H20ClNO4/c1-10(2)11(3)17-14(18)8-21-15(19)9-20-13-7-5-4-6-12(13)16/h4-7,10-11H,8-9H2,1-3H3,(H,17,18)/t11-/m0/s1. The van der Waals surface area contributed by atoms with E-state index >= 15 is 0 Å². The number of halogens is 1. The van der Waals surface area contributed by atoms with Crippen LogP contribution in [0.25, 0.3) is 0 Å². The Morgan fingerprint density at radius 2 is 1.86 bits per heavy atom. The second-order valence-electron chi connectivity index (χ2n) is 4.98. The van der Waals surface area contributed by atoms with Crippen molar-refractivity contribution in [3.05, 3.63) is 29.3 Å². The molecule has 0 radical (unpaired) electrons. The number of rotatable bonds is 7. The Hall–Kier alpha value is -1.75. The molecule has 0 unspecified atom stereocenters. The molecule has 21 heavy (non-hydrogen) atoms. The van der Waals surface area contributed by atoms with Crippen LogP contribution >= 0.6 is 11.6 Å². The van der Waals surface area contributed by atoms with Gasteiger partial charge in [0, 0.05) is 6.04 Å². The third-order valence-electron chi connectivity index (χ3n) is 2.94. The Balaban J connectivity index is 2.28. The molecule has 0 aliphatic rings. The largest absolute Gasteiger partial charge is 0.480 e. The second kappa shape index (κ2) is 8.52. The van der Waals surface area contributed by atoms with E-state index in [1.807, 2.05) is 20.8 Å². The predicted molar refractivity (Wildman–Crippen MR) is 80.3 cm³/mol. The molecule has 0 aliphatic heterocycles. The fourth-order valence-corrected chi connectivity index (χ4v) is 1.54.